The Morgan fingerprint density at radius 2 is 1.86 bits per heavy atom. The molecular formula is C21H29N3O3S. The van der Waals surface area contributed by atoms with E-state index in [2.05, 4.69) is 11.6 Å². The van der Waals surface area contributed by atoms with Crippen molar-refractivity contribution >= 4 is 15.7 Å². The lowest BCUT2D eigenvalue weighted by molar-refractivity contribution is -0.137. The van der Waals surface area contributed by atoms with E-state index in [1.807, 2.05) is 45.9 Å². The monoisotopic (exact) mass is 403 g/mol. The normalized spacial score (nSPS) is 11.8. The van der Waals surface area contributed by atoms with Crippen LogP contribution >= 0.6 is 0 Å². The van der Waals surface area contributed by atoms with Crippen LogP contribution in [0.15, 0.2) is 54.3 Å². The summed E-state index contributed by atoms with van der Waals surface area (Å²) < 4.78 is 27.6. The van der Waals surface area contributed by atoms with Gasteiger partial charge in [-0.2, -0.15) is 0 Å². The largest absolute Gasteiger partial charge is 0.334 e. The molecule has 2 aromatic rings. The molecule has 6 nitrogen and oxygen atoms in total. The third kappa shape index (κ3) is 5.10. The van der Waals surface area contributed by atoms with E-state index in [0.29, 0.717) is 24.3 Å². The highest BCUT2D eigenvalue weighted by molar-refractivity contribution is 7.90. The molecule has 0 aliphatic rings. The number of carbonyl (C=O) groups is 1. The minimum absolute atomic E-state index is 0.00644. The van der Waals surface area contributed by atoms with Gasteiger partial charge in [-0.1, -0.05) is 50.3 Å². The second-order valence-electron chi connectivity index (χ2n) is 7.39. The summed E-state index contributed by atoms with van der Waals surface area (Å²) in [5.41, 5.74) is 1.38. The molecule has 0 saturated heterocycles. The highest BCUT2D eigenvalue weighted by Gasteiger charge is 2.26. The summed E-state index contributed by atoms with van der Waals surface area (Å²) in [6.45, 7) is 11.9. The first kappa shape index (κ1) is 21.9. The van der Waals surface area contributed by atoms with Crippen LogP contribution in [0.4, 0.5) is 0 Å². The van der Waals surface area contributed by atoms with Crippen molar-refractivity contribution in [1.29, 1.82) is 0 Å². The molecule has 1 amide bonds. The minimum atomic E-state index is -3.64. The van der Waals surface area contributed by atoms with Crippen molar-refractivity contribution in [3.63, 3.8) is 0 Å². The van der Waals surface area contributed by atoms with Crippen LogP contribution in [0, 0.1) is 5.92 Å². The number of sulfone groups is 1. The first-order chi connectivity index (χ1) is 13.2. The fourth-order valence-electron chi connectivity index (χ4n) is 2.97. The van der Waals surface area contributed by atoms with Gasteiger partial charge in [0, 0.05) is 18.5 Å². The number of hydrogen-bond donors (Lipinski definition) is 0. The van der Waals surface area contributed by atoms with Crippen LogP contribution < -0.4 is 0 Å². The van der Waals surface area contributed by atoms with E-state index in [4.69, 9.17) is 0 Å². The van der Waals surface area contributed by atoms with Gasteiger partial charge in [0.05, 0.1) is 24.2 Å². The lowest BCUT2D eigenvalue weighted by Gasteiger charge is -2.28. The summed E-state index contributed by atoms with van der Waals surface area (Å²) >= 11 is 0. The topological polar surface area (TPSA) is 72.3 Å². The third-order valence-corrected chi connectivity index (χ3v) is 6.02. The number of aromatic nitrogens is 2. The molecule has 0 bridgehead atoms. The van der Waals surface area contributed by atoms with Crippen molar-refractivity contribution in [3.05, 3.63) is 60.4 Å². The Labute approximate surface area is 167 Å². The lowest BCUT2D eigenvalue weighted by atomic mass is 10.1. The van der Waals surface area contributed by atoms with Crippen molar-refractivity contribution in [3.8, 4) is 0 Å². The molecular weight excluding hydrogens is 374 g/mol. The van der Waals surface area contributed by atoms with E-state index in [-0.39, 0.29) is 28.8 Å². The van der Waals surface area contributed by atoms with E-state index in [0.717, 1.165) is 0 Å². The fourth-order valence-corrected chi connectivity index (χ4v) is 4.47. The van der Waals surface area contributed by atoms with Gasteiger partial charge in [0.15, 0.2) is 0 Å². The summed E-state index contributed by atoms with van der Waals surface area (Å²) in [6, 6.07) is 9.02. The number of nitrogens with zero attached hydrogens (tertiary/aromatic N) is 3. The number of rotatable bonds is 9. The highest BCUT2D eigenvalue weighted by atomic mass is 32.2. The zero-order chi connectivity index (χ0) is 20.9. The van der Waals surface area contributed by atoms with Gasteiger partial charge in [-0.25, -0.2) is 13.4 Å². The lowest BCUT2D eigenvalue weighted by Crippen LogP contribution is -2.39. The zero-order valence-corrected chi connectivity index (χ0v) is 17.8. The summed E-state index contributed by atoms with van der Waals surface area (Å²) in [5.74, 6) is -0.241. The second kappa shape index (κ2) is 9.19. The maximum absolute atomic E-state index is 13.0. The van der Waals surface area contributed by atoms with Crippen molar-refractivity contribution < 1.29 is 13.2 Å². The van der Waals surface area contributed by atoms with Crippen LogP contribution in [0.1, 0.15) is 39.0 Å². The maximum Gasteiger partial charge on any atom is 0.228 e. The van der Waals surface area contributed by atoms with E-state index in [1.54, 1.807) is 33.9 Å². The maximum atomic E-state index is 13.0. The third-order valence-electron chi connectivity index (χ3n) is 4.42. The Morgan fingerprint density at radius 3 is 2.39 bits per heavy atom. The molecule has 0 unspecified atom stereocenters. The van der Waals surface area contributed by atoms with E-state index < -0.39 is 9.84 Å². The molecule has 7 heteroatoms. The van der Waals surface area contributed by atoms with Gasteiger partial charge in [-0.3, -0.25) is 4.79 Å². The van der Waals surface area contributed by atoms with Crippen molar-refractivity contribution in [2.24, 2.45) is 5.92 Å². The number of allylic oxidation sites excluding steroid dienone is 1. The van der Waals surface area contributed by atoms with Gasteiger partial charge in [0.1, 0.15) is 0 Å². The first-order valence-electron chi connectivity index (χ1n) is 9.39. The number of imidazole rings is 1. The van der Waals surface area contributed by atoms with Crippen molar-refractivity contribution in [1.82, 2.24) is 14.5 Å². The molecule has 1 aromatic heterocycles. The Kier molecular flexibility index (Phi) is 7.18. The molecule has 1 aromatic carbocycles. The zero-order valence-electron chi connectivity index (χ0n) is 17.0. The van der Waals surface area contributed by atoms with Crippen LogP contribution in [-0.2, 0) is 33.5 Å². The van der Waals surface area contributed by atoms with Crippen molar-refractivity contribution in [2.75, 3.05) is 0 Å². The predicted octanol–water partition coefficient (Wildman–Crippen LogP) is 3.44. The van der Waals surface area contributed by atoms with Gasteiger partial charge in [0.2, 0.25) is 20.9 Å². The molecule has 0 spiro atoms. The predicted molar refractivity (Wildman–Crippen MR) is 110 cm³/mol. The van der Waals surface area contributed by atoms with Crippen LogP contribution in [0.25, 0.3) is 0 Å². The molecule has 1 heterocycles. The summed E-state index contributed by atoms with van der Waals surface area (Å²) in [4.78, 5) is 18.5. The van der Waals surface area contributed by atoms with Gasteiger partial charge in [-0.15, -0.1) is 6.58 Å². The van der Waals surface area contributed by atoms with Crippen molar-refractivity contribution in [2.45, 2.75) is 57.7 Å². The molecule has 28 heavy (non-hydrogen) atoms. The molecule has 0 atom stereocenters. The number of benzene rings is 1. The molecule has 152 valence electrons. The van der Waals surface area contributed by atoms with E-state index in [9.17, 15) is 13.2 Å². The first-order valence-corrected chi connectivity index (χ1v) is 11.0. The van der Waals surface area contributed by atoms with Gasteiger partial charge in [-0.05, 0) is 19.4 Å². The van der Waals surface area contributed by atoms with Gasteiger partial charge >= 0.3 is 0 Å². The number of carbonyl (C=O) groups excluding carboxylic acids is 1. The molecule has 0 aliphatic carbocycles. The summed E-state index contributed by atoms with van der Waals surface area (Å²) in [7, 11) is -3.64. The Morgan fingerprint density at radius 1 is 1.21 bits per heavy atom. The molecule has 0 fully saturated rings. The molecule has 0 saturated carbocycles. The van der Waals surface area contributed by atoms with Crippen LogP contribution in [0.5, 0.6) is 0 Å². The Balaban J connectivity index is 2.39. The Hall–Kier alpha value is -2.41. The standard InChI is InChI=1S/C21H29N3O3S/c1-6-12-23-19(14-24(17(4)5)20(25)16(2)3)13-22-21(23)28(26,27)15-18-10-8-7-9-11-18/h6-11,13,16-17H,1,12,14-15H2,2-5H3. The fraction of sp³-hybridized carbons (Fsp3) is 0.429. The van der Waals surface area contributed by atoms with Crippen LogP contribution in [0.2, 0.25) is 0 Å². The molecule has 2 rings (SSSR count). The highest BCUT2D eigenvalue weighted by Crippen LogP contribution is 2.20. The quantitative estimate of drug-likeness (QED) is 0.601. The van der Waals surface area contributed by atoms with Gasteiger partial charge < -0.3 is 9.47 Å². The molecule has 0 radical (unpaired) electrons. The van der Waals surface area contributed by atoms with Gasteiger partial charge in [0.25, 0.3) is 0 Å². The number of amides is 1. The van der Waals surface area contributed by atoms with E-state index in [1.165, 1.54) is 0 Å². The summed E-state index contributed by atoms with van der Waals surface area (Å²) in [5, 5.41) is 0.00644. The second-order valence-corrected chi connectivity index (χ2v) is 9.27. The number of hydrogen-bond acceptors (Lipinski definition) is 4. The SMILES string of the molecule is C=CCn1c(CN(C(=O)C(C)C)C(C)C)cnc1S(=O)(=O)Cc1ccccc1. The minimum Gasteiger partial charge on any atom is -0.334 e. The van der Waals surface area contributed by atoms with E-state index >= 15 is 0 Å². The summed E-state index contributed by atoms with van der Waals surface area (Å²) in [6.07, 6.45) is 3.18. The smallest absolute Gasteiger partial charge is 0.228 e. The van der Waals surface area contributed by atoms with Crippen LogP contribution in [0.3, 0.4) is 0 Å². The molecule has 0 aliphatic heterocycles. The Bertz CT molecular complexity index is 916. The average molecular weight is 404 g/mol. The van der Waals surface area contributed by atoms with Crippen LogP contribution in [-0.4, -0.2) is 34.8 Å². The molecule has 0 N–H and O–H groups in total. The average Bonchev–Trinajstić information content (AvgIpc) is 3.03.